The Morgan fingerprint density at radius 3 is 2.20 bits per heavy atom. The molecule has 0 spiro atoms. The van der Waals surface area contributed by atoms with Crippen molar-refractivity contribution in [3.05, 3.63) is 29.8 Å². The van der Waals surface area contributed by atoms with Gasteiger partial charge in [-0.15, -0.1) is 13.2 Å². The molecule has 4 atom stereocenters. The molecule has 1 aromatic carbocycles. The van der Waals surface area contributed by atoms with Crippen LogP contribution in [0.4, 0.5) is 13.2 Å². The largest absolute Gasteiger partial charge is 0.573 e. The highest BCUT2D eigenvalue weighted by Gasteiger charge is 2.50. The second-order valence-corrected chi connectivity index (χ2v) is 12.0. The van der Waals surface area contributed by atoms with Gasteiger partial charge in [0, 0.05) is 19.5 Å². The van der Waals surface area contributed by atoms with E-state index in [1.54, 1.807) is 6.92 Å². The Labute approximate surface area is 254 Å². The molecular weight excluding hydrogens is 585 g/mol. The van der Waals surface area contributed by atoms with Gasteiger partial charge in [-0.05, 0) is 43.9 Å². The lowest BCUT2D eigenvalue weighted by Crippen LogP contribution is -2.57. The molecule has 1 aromatic rings. The molecule has 14 heteroatoms. The molecule has 11 nitrogen and oxygen atoms in total. The summed E-state index contributed by atoms with van der Waals surface area (Å²) in [5.74, 6) is -2.02. The van der Waals surface area contributed by atoms with Crippen molar-refractivity contribution in [3.8, 4) is 5.75 Å². The van der Waals surface area contributed by atoms with E-state index in [4.69, 9.17) is 9.47 Å². The van der Waals surface area contributed by atoms with Gasteiger partial charge in [-0.2, -0.15) is 0 Å². The van der Waals surface area contributed by atoms with Crippen molar-refractivity contribution in [1.82, 2.24) is 20.9 Å². The van der Waals surface area contributed by atoms with Crippen molar-refractivity contribution in [2.45, 2.75) is 82.5 Å². The number of rotatable bonds is 14. The molecule has 244 valence electrons. The van der Waals surface area contributed by atoms with Crippen molar-refractivity contribution in [2.24, 2.45) is 5.92 Å². The Bertz CT molecular complexity index is 1160. The van der Waals surface area contributed by atoms with Crippen LogP contribution in [0.5, 0.6) is 5.75 Å². The van der Waals surface area contributed by atoms with Gasteiger partial charge in [0.25, 0.3) is 0 Å². The maximum absolute atomic E-state index is 13.7. The summed E-state index contributed by atoms with van der Waals surface area (Å²) in [7, 11) is 0. The summed E-state index contributed by atoms with van der Waals surface area (Å²) in [6, 6.07) is 1.95. The highest BCUT2D eigenvalue weighted by molar-refractivity contribution is 5.98. The molecule has 3 N–H and O–H groups in total. The predicted molar refractivity (Wildman–Crippen MR) is 151 cm³/mol. The summed E-state index contributed by atoms with van der Waals surface area (Å²) in [5.41, 5.74) is -0.525. The first-order valence-corrected chi connectivity index (χ1v) is 15.0. The molecule has 2 saturated heterocycles. The number of carbonyl (C=O) groups is 4. The first-order valence-electron chi connectivity index (χ1n) is 15.0. The van der Waals surface area contributed by atoms with Gasteiger partial charge in [0.15, 0.2) is 5.78 Å². The summed E-state index contributed by atoms with van der Waals surface area (Å²) < 4.78 is 52.4. The number of hydrogen-bond acceptors (Lipinski definition) is 8. The van der Waals surface area contributed by atoms with Gasteiger partial charge in [-0.3, -0.25) is 24.1 Å². The standard InChI is InChI=1S/C30H41F3N4O7/c1-19(34-25(38)17-37-11-13-42-14-12-37)27(40)36-24(16-21-7-9-22(10-8-21)44-30(31,32)33)28(41)35-23(15-20-5-3-4-6-20)26(39)29(2)18-43-29/h7-10,19-20,23-24H,3-6,11-18H2,1-2H3,(H,34,38)(H,35,41)(H,36,40)/t19-,23-,24-,29-/m0/s1. The summed E-state index contributed by atoms with van der Waals surface area (Å²) in [4.78, 5) is 54.6. The van der Waals surface area contributed by atoms with Gasteiger partial charge >= 0.3 is 6.36 Å². The van der Waals surface area contributed by atoms with Crippen LogP contribution >= 0.6 is 0 Å². The van der Waals surface area contributed by atoms with Gasteiger partial charge in [0.05, 0.1) is 32.4 Å². The van der Waals surface area contributed by atoms with E-state index in [1.807, 2.05) is 4.90 Å². The summed E-state index contributed by atoms with van der Waals surface area (Å²) in [6.07, 6.45) is -0.498. The number of hydrogen-bond donors (Lipinski definition) is 3. The van der Waals surface area contributed by atoms with Gasteiger partial charge < -0.3 is 30.2 Å². The van der Waals surface area contributed by atoms with E-state index >= 15 is 0 Å². The van der Waals surface area contributed by atoms with Crippen LogP contribution in [0.25, 0.3) is 0 Å². The zero-order valence-electron chi connectivity index (χ0n) is 25.0. The average Bonchev–Trinajstić information content (AvgIpc) is 3.50. The molecule has 0 radical (unpaired) electrons. The molecule has 3 aliphatic rings. The Hall–Kier alpha value is -3.23. The molecule has 0 unspecified atom stereocenters. The summed E-state index contributed by atoms with van der Waals surface area (Å²) in [5, 5.41) is 8.14. The lowest BCUT2D eigenvalue weighted by atomic mass is 9.90. The third-order valence-electron chi connectivity index (χ3n) is 8.25. The Morgan fingerprint density at radius 1 is 1.00 bits per heavy atom. The molecule has 2 aliphatic heterocycles. The first-order chi connectivity index (χ1) is 20.8. The zero-order valence-corrected chi connectivity index (χ0v) is 25.0. The number of Topliss-reactive ketones (excluding diaryl/α,β-unsaturated/α-hetero) is 1. The number of amides is 3. The van der Waals surface area contributed by atoms with Crippen LogP contribution in [0, 0.1) is 5.92 Å². The first kappa shape index (κ1) is 33.7. The predicted octanol–water partition coefficient (Wildman–Crippen LogP) is 1.87. The van der Waals surface area contributed by atoms with E-state index < -0.39 is 47.7 Å². The van der Waals surface area contributed by atoms with E-state index in [-0.39, 0.29) is 37.2 Å². The van der Waals surface area contributed by atoms with Crippen molar-refractivity contribution < 1.29 is 46.6 Å². The molecule has 3 fully saturated rings. The summed E-state index contributed by atoms with van der Waals surface area (Å²) >= 11 is 0. The fraction of sp³-hybridized carbons (Fsp3) is 0.667. The Morgan fingerprint density at radius 2 is 1.61 bits per heavy atom. The number of benzene rings is 1. The third kappa shape index (κ3) is 10.2. The van der Waals surface area contributed by atoms with Crippen LogP contribution in [-0.4, -0.2) is 97.9 Å². The summed E-state index contributed by atoms with van der Waals surface area (Å²) in [6.45, 7) is 5.72. The number of alkyl halides is 3. The van der Waals surface area contributed by atoms with Crippen LogP contribution in [0.3, 0.4) is 0 Å². The van der Waals surface area contributed by atoms with E-state index in [0.717, 1.165) is 37.8 Å². The monoisotopic (exact) mass is 626 g/mol. The van der Waals surface area contributed by atoms with E-state index in [2.05, 4.69) is 20.7 Å². The smallest absolute Gasteiger partial charge is 0.406 e. The molecule has 44 heavy (non-hydrogen) atoms. The molecule has 1 aliphatic carbocycles. The van der Waals surface area contributed by atoms with Crippen LogP contribution in [0.2, 0.25) is 0 Å². The lowest BCUT2D eigenvalue weighted by molar-refractivity contribution is -0.274. The number of halogens is 3. The molecule has 3 amide bonds. The third-order valence-corrected chi connectivity index (χ3v) is 8.25. The van der Waals surface area contributed by atoms with Crippen molar-refractivity contribution >= 4 is 23.5 Å². The molecule has 0 aromatic heterocycles. The van der Waals surface area contributed by atoms with E-state index in [0.29, 0.717) is 38.3 Å². The number of nitrogens with one attached hydrogen (secondary N) is 3. The van der Waals surface area contributed by atoms with E-state index in [1.165, 1.54) is 19.1 Å². The fourth-order valence-electron chi connectivity index (χ4n) is 5.59. The quantitative estimate of drug-likeness (QED) is 0.266. The van der Waals surface area contributed by atoms with Crippen LogP contribution in [-0.2, 0) is 35.1 Å². The zero-order chi connectivity index (χ0) is 31.9. The molecule has 1 saturated carbocycles. The SMILES string of the molecule is C[C@H](NC(=O)CN1CCOCC1)C(=O)N[C@@H](Cc1ccc(OC(F)(F)F)cc1)C(=O)N[C@@H](CC1CCCC1)C(=O)[C@]1(C)CO1. The molecule has 2 heterocycles. The highest BCUT2D eigenvalue weighted by atomic mass is 19.4. The Kier molecular flexibility index (Phi) is 11.2. The topological polar surface area (TPSA) is 139 Å². The van der Waals surface area contributed by atoms with Gasteiger partial charge in [-0.25, -0.2) is 0 Å². The number of nitrogens with zero attached hydrogens (tertiary/aromatic N) is 1. The van der Waals surface area contributed by atoms with Gasteiger partial charge in [0.2, 0.25) is 17.7 Å². The minimum atomic E-state index is -4.86. The van der Waals surface area contributed by atoms with Crippen LogP contribution in [0.15, 0.2) is 24.3 Å². The van der Waals surface area contributed by atoms with Crippen molar-refractivity contribution in [2.75, 3.05) is 39.5 Å². The second kappa shape index (κ2) is 14.7. The maximum atomic E-state index is 13.7. The fourth-order valence-corrected chi connectivity index (χ4v) is 5.59. The van der Waals surface area contributed by atoms with E-state index in [9.17, 15) is 32.3 Å². The van der Waals surface area contributed by atoms with Gasteiger partial charge in [0.1, 0.15) is 23.4 Å². The van der Waals surface area contributed by atoms with Gasteiger partial charge in [-0.1, -0.05) is 37.8 Å². The molecule has 4 rings (SSSR count). The number of morpholine rings is 1. The van der Waals surface area contributed by atoms with Crippen molar-refractivity contribution in [3.63, 3.8) is 0 Å². The average molecular weight is 627 g/mol. The minimum absolute atomic E-state index is 0.0863. The minimum Gasteiger partial charge on any atom is -0.406 e. The highest BCUT2D eigenvalue weighted by Crippen LogP contribution is 2.33. The van der Waals surface area contributed by atoms with Crippen molar-refractivity contribution in [1.29, 1.82) is 0 Å². The molecule has 0 bridgehead atoms. The van der Waals surface area contributed by atoms with Crippen LogP contribution in [0.1, 0.15) is 51.5 Å². The second-order valence-electron chi connectivity index (χ2n) is 12.0. The number of epoxide rings is 1. The van der Waals surface area contributed by atoms with Crippen LogP contribution < -0.4 is 20.7 Å². The number of ether oxygens (including phenoxy) is 3. The number of ketones is 1. The molecular formula is C30H41F3N4O7. The lowest BCUT2D eigenvalue weighted by Gasteiger charge is -2.27. The Balaban J connectivity index is 1.45. The maximum Gasteiger partial charge on any atom is 0.573 e. The number of carbonyl (C=O) groups excluding carboxylic acids is 4. The normalized spacial score (nSPS) is 22.8.